The Bertz CT molecular complexity index is 1150. The van der Waals surface area contributed by atoms with Gasteiger partial charge in [-0.05, 0) is 55.9 Å². The van der Waals surface area contributed by atoms with Crippen LogP contribution in [0.3, 0.4) is 0 Å². The average Bonchev–Trinajstić information content (AvgIpc) is 3.15. The fourth-order valence-electron chi connectivity index (χ4n) is 4.11. The van der Waals surface area contributed by atoms with Gasteiger partial charge in [0.25, 0.3) is 5.91 Å². The van der Waals surface area contributed by atoms with Crippen LogP contribution in [-0.2, 0) is 6.18 Å². The lowest BCUT2D eigenvalue weighted by molar-refractivity contribution is -0.137. The minimum Gasteiger partial charge on any atom is -0.494 e. The first-order chi connectivity index (χ1) is 15.1. The Morgan fingerprint density at radius 1 is 1.12 bits per heavy atom. The molecule has 0 aliphatic heterocycles. The van der Waals surface area contributed by atoms with Crippen LogP contribution in [0.5, 0.6) is 5.75 Å². The highest BCUT2D eigenvalue weighted by Gasteiger charge is 2.32. The zero-order valence-corrected chi connectivity index (χ0v) is 17.7. The van der Waals surface area contributed by atoms with Crippen molar-refractivity contribution in [3.8, 4) is 5.75 Å². The summed E-state index contributed by atoms with van der Waals surface area (Å²) in [6, 6.07) is 5.35. The van der Waals surface area contributed by atoms with E-state index in [4.69, 9.17) is 4.74 Å². The topological polar surface area (TPSA) is 56.1 Å². The number of benzene rings is 2. The number of aromatic nitrogens is 2. The van der Waals surface area contributed by atoms with E-state index >= 15 is 0 Å². The quantitative estimate of drug-likeness (QED) is 0.482. The van der Waals surface area contributed by atoms with Gasteiger partial charge in [0, 0.05) is 23.2 Å². The molecule has 0 radical (unpaired) electrons. The zero-order valence-electron chi connectivity index (χ0n) is 17.7. The van der Waals surface area contributed by atoms with Gasteiger partial charge in [-0.3, -0.25) is 9.48 Å². The Morgan fingerprint density at radius 2 is 1.84 bits per heavy atom. The second kappa shape index (κ2) is 8.44. The number of carbonyl (C=O) groups excluding carboxylic acids is 1. The molecule has 1 fully saturated rings. The molecule has 0 atom stereocenters. The summed E-state index contributed by atoms with van der Waals surface area (Å²) in [6.45, 7) is 2.24. The molecule has 5 nitrogen and oxygen atoms in total. The Hall–Kier alpha value is -3.10. The van der Waals surface area contributed by atoms with Gasteiger partial charge in [0.1, 0.15) is 11.6 Å². The van der Waals surface area contributed by atoms with E-state index in [1.807, 2.05) is 10.9 Å². The molecule has 1 aromatic heterocycles. The molecule has 1 saturated carbocycles. The van der Waals surface area contributed by atoms with Crippen molar-refractivity contribution < 1.29 is 27.1 Å². The maximum atomic E-state index is 13.7. The van der Waals surface area contributed by atoms with E-state index in [0.29, 0.717) is 35.4 Å². The highest BCUT2D eigenvalue weighted by Crippen LogP contribution is 2.35. The van der Waals surface area contributed by atoms with Gasteiger partial charge in [0.05, 0.1) is 29.9 Å². The van der Waals surface area contributed by atoms with Crippen LogP contribution in [0.1, 0.15) is 54.6 Å². The number of carbonyl (C=O) groups is 1. The van der Waals surface area contributed by atoms with Crippen LogP contribution < -0.4 is 10.1 Å². The Kier molecular flexibility index (Phi) is 5.83. The Labute approximate surface area is 182 Å². The van der Waals surface area contributed by atoms with E-state index in [2.05, 4.69) is 17.3 Å². The summed E-state index contributed by atoms with van der Waals surface area (Å²) in [5.41, 5.74) is -0.720. The van der Waals surface area contributed by atoms with Crippen LogP contribution in [-0.4, -0.2) is 22.8 Å². The first kappa shape index (κ1) is 22.1. The number of alkyl halides is 3. The number of hydrogen-bond donors (Lipinski definition) is 1. The summed E-state index contributed by atoms with van der Waals surface area (Å²) in [5, 5.41) is 7.94. The molecule has 2 aromatic carbocycles. The molecule has 0 bridgehead atoms. The van der Waals surface area contributed by atoms with Crippen LogP contribution in [0.4, 0.5) is 23.2 Å². The highest BCUT2D eigenvalue weighted by molar-refractivity contribution is 6.06. The molecular formula is C23H23F4N3O2. The number of halogens is 4. The van der Waals surface area contributed by atoms with Gasteiger partial charge in [-0.15, -0.1) is 0 Å². The standard InChI is InChI=1S/C23H23F4N3O2/c1-13-3-5-18(6-4-13)30-12-15-9-20(21(32-2)11-19(15)29-30)28-22(31)14-7-16(23(25,26)27)10-17(24)8-14/h7-13,18H,3-6H2,1-2H3,(H,28,31)/t13-,18-. The lowest BCUT2D eigenvalue weighted by atomic mass is 9.87. The zero-order chi connectivity index (χ0) is 23.0. The summed E-state index contributed by atoms with van der Waals surface area (Å²) in [4.78, 5) is 12.6. The predicted molar refractivity (Wildman–Crippen MR) is 112 cm³/mol. The van der Waals surface area contributed by atoms with Gasteiger partial charge in [0.2, 0.25) is 0 Å². The Morgan fingerprint density at radius 3 is 2.50 bits per heavy atom. The Balaban J connectivity index is 1.62. The maximum Gasteiger partial charge on any atom is 0.416 e. The van der Waals surface area contributed by atoms with E-state index in [0.717, 1.165) is 37.1 Å². The number of methoxy groups -OCH3 is 1. The van der Waals surface area contributed by atoms with Crippen molar-refractivity contribution in [2.75, 3.05) is 12.4 Å². The SMILES string of the molecule is COc1cc2nn([C@H]3CC[C@H](C)CC3)cc2cc1NC(=O)c1cc(F)cc(C(F)(F)F)c1. The van der Waals surface area contributed by atoms with Crippen LogP contribution in [0, 0.1) is 11.7 Å². The number of rotatable bonds is 4. The molecule has 1 aliphatic rings. The number of amides is 1. The van der Waals surface area contributed by atoms with Crippen molar-refractivity contribution in [1.29, 1.82) is 0 Å². The summed E-state index contributed by atoms with van der Waals surface area (Å²) in [5.74, 6) is -1.00. The smallest absolute Gasteiger partial charge is 0.416 e. The lowest BCUT2D eigenvalue weighted by Gasteiger charge is -2.26. The number of ether oxygens (including phenoxy) is 1. The fraction of sp³-hybridized carbons (Fsp3) is 0.391. The average molecular weight is 449 g/mol. The molecule has 1 heterocycles. The molecule has 1 amide bonds. The monoisotopic (exact) mass is 449 g/mol. The third kappa shape index (κ3) is 4.56. The second-order valence-corrected chi connectivity index (χ2v) is 8.31. The number of nitrogens with one attached hydrogen (secondary N) is 1. The molecule has 4 rings (SSSR count). The third-order valence-corrected chi connectivity index (χ3v) is 5.94. The van der Waals surface area contributed by atoms with Gasteiger partial charge < -0.3 is 10.1 Å². The van der Waals surface area contributed by atoms with Crippen molar-refractivity contribution in [3.05, 3.63) is 53.5 Å². The normalized spacial score (nSPS) is 19.2. The summed E-state index contributed by atoms with van der Waals surface area (Å²) in [6.07, 6.45) is 1.49. The molecule has 3 aromatic rings. The summed E-state index contributed by atoms with van der Waals surface area (Å²) >= 11 is 0. The van der Waals surface area contributed by atoms with Crippen molar-refractivity contribution in [2.45, 2.75) is 44.8 Å². The minimum atomic E-state index is -4.76. The van der Waals surface area contributed by atoms with Crippen molar-refractivity contribution in [1.82, 2.24) is 9.78 Å². The van der Waals surface area contributed by atoms with Crippen LogP contribution in [0.25, 0.3) is 10.9 Å². The molecule has 9 heteroatoms. The van der Waals surface area contributed by atoms with Crippen LogP contribution >= 0.6 is 0 Å². The van der Waals surface area contributed by atoms with E-state index in [-0.39, 0.29) is 5.69 Å². The van der Waals surface area contributed by atoms with Gasteiger partial charge in [-0.2, -0.15) is 18.3 Å². The van der Waals surface area contributed by atoms with E-state index in [1.165, 1.54) is 7.11 Å². The van der Waals surface area contributed by atoms with Crippen LogP contribution in [0.2, 0.25) is 0 Å². The lowest BCUT2D eigenvalue weighted by Crippen LogP contribution is -2.16. The molecular weight excluding hydrogens is 426 g/mol. The minimum absolute atomic E-state index is 0.264. The number of nitrogens with zero attached hydrogens (tertiary/aromatic N) is 2. The van der Waals surface area contributed by atoms with Gasteiger partial charge >= 0.3 is 6.18 Å². The highest BCUT2D eigenvalue weighted by atomic mass is 19.4. The second-order valence-electron chi connectivity index (χ2n) is 8.31. The molecule has 0 spiro atoms. The van der Waals surface area contributed by atoms with E-state index in [9.17, 15) is 22.4 Å². The van der Waals surface area contributed by atoms with Crippen molar-refractivity contribution in [2.24, 2.45) is 5.92 Å². The van der Waals surface area contributed by atoms with Crippen LogP contribution in [0.15, 0.2) is 36.5 Å². The first-order valence-corrected chi connectivity index (χ1v) is 10.4. The predicted octanol–water partition coefficient (Wildman–Crippen LogP) is 6.21. The molecule has 0 saturated heterocycles. The molecule has 1 N–H and O–H groups in total. The number of anilines is 1. The molecule has 32 heavy (non-hydrogen) atoms. The fourth-order valence-corrected chi connectivity index (χ4v) is 4.11. The van der Waals surface area contributed by atoms with Crippen molar-refractivity contribution >= 4 is 22.5 Å². The maximum absolute atomic E-state index is 13.7. The summed E-state index contributed by atoms with van der Waals surface area (Å²) < 4.78 is 59.9. The van der Waals surface area contributed by atoms with Crippen molar-refractivity contribution in [3.63, 3.8) is 0 Å². The van der Waals surface area contributed by atoms with E-state index in [1.54, 1.807) is 12.1 Å². The molecule has 1 aliphatic carbocycles. The van der Waals surface area contributed by atoms with Gasteiger partial charge in [0.15, 0.2) is 0 Å². The van der Waals surface area contributed by atoms with Gasteiger partial charge in [-0.1, -0.05) is 6.92 Å². The largest absolute Gasteiger partial charge is 0.494 e. The molecule has 0 unspecified atom stereocenters. The number of hydrogen-bond acceptors (Lipinski definition) is 3. The summed E-state index contributed by atoms with van der Waals surface area (Å²) in [7, 11) is 1.42. The third-order valence-electron chi connectivity index (χ3n) is 5.94. The number of fused-ring (bicyclic) bond motifs is 1. The van der Waals surface area contributed by atoms with Gasteiger partial charge in [-0.25, -0.2) is 4.39 Å². The first-order valence-electron chi connectivity index (χ1n) is 10.4. The molecule has 170 valence electrons. The van der Waals surface area contributed by atoms with E-state index < -0.39 is 29.0 Å².